The van der Waals surface area contributed by atoms with Crippen molar-refractivity contribution in [2.45, 2.75) is 53.1 Å². The highest BCUT2D eigenvalue weighted by Crippen LogP contribution is 2.18. The minimum Gasteiger partial charge on any atom is -0.480 e. The van der Waals surface area contributed by atoms with Crippen LogP contribution in [0.4, 0.5) is 0 Å². The molecular weight excluding hydrogens is 258 g/mol. The van der Waals surface area contributed by atoms with E-state index >= 15 is 0 Å². The minimum atomic E-state index is -1.03. The first-order valence-electron chi connectivity index (χ1n) is 6.64. The van der Waals surface area contributed by atoms with E-state index in [2.05, 4.69) is 10.4 Å². The number of nitrogens with zero attached hydrogens (tertiary/aromatic N) is 2. The summed E-state index contributed by atoms with van der Waals surface area (Å²) in [6.07, 6.45) is 1.48. The van der Waals surface area contributed by atoms with Crippen LogP contribution in [0.1, 0.15) is 50.7 Å². The number of aliphatic carboxylic acids is 1. The van der Waals surface area contributed by atoms with E-state index in [4.69, 9.17) is 5.11 Å². The average molecular weight is 281 g/mol. The molecule has 1 aromatic heterocycles. The molecule has 0 bridgehead atoms. The molecule has 0 saturated heterocycles. The summed E-state index contributed by atoms with van der Waals surface area (Å²) in [4.78, 5) is 23.3. The lowest BCUT2D eigenvalue weighted by molar-refractivity contribution is -0.140. The van der Waals surface area contributed by atoms with E-state index < -0.39 is 17.9 Å². The number of aromatic nitrogens is 2. The number of carbonyl (C=O) groups is 2. The highest BCUT2D eigenvalue weighted by molar-refractivity contribution is 5.97. The Balaban J connectivity index is 3.00. The fraction of sp³-hybridized carbons (Fsp3) is 0.643. The molecule has 1 rings (SSSR count). The van der Waals surface area contributed by atoms with Crippen LogP contribution in [0, 0.1) is 12.8 Å². The molecule has 2 N–H and O–H groups in total. The lowest BCUT2D eigenvalue weighted by Crippen LogP contribution is -2.44. The van der Waals surface area contributed by atoms with Gasteiger partial charge in [-0.25, -0.2) is 4.79 Å². The molecule has 6 heteroatoms. The van der Waals surface area contributed by atoms with Crippen molar-refractivity contribution in [3.63, 3.8) is 0 Å². The van der Waals surface area contributed by atoms with E-state index in [1.54, 1.807) is 25.5 Å². The van der Waals surface area contributed by atoms with Gasteiger partial charge in [0.2, 0.25) is 0 Å². The van der Waals surface area contributed by atoms with Crippen molar-refractivity contribution in [3.8, 4) is 0 Å². The molecule has 0 aliphatic heterocycles. The smallest absolute Gasteiger partial charge is 0.326 e. The third-order valence-electron chi connectivity index (χ3n) is 3.11. The second-order valence-electron chi connectivity index (χ2n) is 6.26. The predicted octanol–water partition coefficient (Wildman–Crippen LogP) is 1.79. The Morgan fingerprint density at radius 2 is 1.90 bits per heavy atom. The largest absolute Gasteiger partial charge is 0.480 e. The Hall–Kier alpha value is -1.85. The highest BCUT2D eigenvalue weighted by atomic mass is 16.4. The molecule has 0 saturated carbocycles. The lowest BCUT2D eigenvalue weighted by Gasteiger charge is -2.22. The Morgan fingerprint density at radius 1 is 1.35 bits per heavy atom. The van der Waals surface area contributed by atoms with Crippen molar-refractivity contribution in [1.82, 2.24) is 15.1 Å². The number of carbonyl (C=O) groups excluding carboxylic acids is 1. The van der Waals surface area contributed by atoms with Crippen LogP contribution in [-0.4, -0.2) is 32.8 Å². The summed E-state index contributed by atoms with van der Waals surface area (Å²) < 4.78 is 1.76. The van der Waals surface area contributed by atoms with Crippen LogP contribution in [0.3, 0.4) is 0 Å². The van der Waals surface area contributed by atoms with Gasteiger partial charge in [0.1, 0.15) is 6.04 Å². The highest BCUT2D eigenvalue weighted by Gasteiger charge is 2.27. The monoisotopic (exact) mass is 281 g/mol. The van der Waals surface area contributed by atoms with Crippen molar-refractivity contribution >= 4 is 11.9 Å². The summed E-state index contributed by atoms with van der Waals surface area (Å²) in [7, 11) is 0. The summed E-state index contributed by atoms with van der Waals surface area (Å²) in [6.45, 7) is 11.3. The molecule has 112 valence electrons. The van der Waals surface area contributed by atoms with E-state index in [1.807, 2.05) is 20.8 Å². The molecule has 20 heavy (non-hydrogen) atoms. The van der Waals surface area contributed by atoms with Gasteiger partial charge >= 0.3 is 5.97 Å². The molecule has 0 fully saturated rings. The Labute approximate surface area is 119 Å². The Kier molecular flexibility index (Phi) is 4.57. The van der Waals surface area contributed by atoms with E-state index in [-0.39, 0.29) is 11.5 Å². The van der Waals surface area contributed by atoms with Crippen molar-refractivity contribution < 1.29 is 14.7 Å². The molecule has 0 unspecified atom stereocenters. The van der Waals surface area contributed by atoms with Gasteiger partial charge in [0.05, 0.1) is 17.3 Å². The maximum absolute atomic E-state index is 12.2. The molecule has 0 aliphatic carbocycles. The van der Waals surface area contributed by atoms with E-state index in [9.17, 15) is 9.59 Å². The normalized spacial score (nSPS) is 13.3. The molecule has 0 radical (unpaired) electrons. The second-order valence-corrected chi connectivity index (χ2v) is 6.26. The molecule has 1 aromatic rings. The second kappa shape index (κ2) is 5.64. The number of rotatable bonds is 4. The van der Waals surface area contributed by atoms with Gasteiger partial charge in [0, 0.05) is 5.69 Å². The SMILES string of the molecule is Cc1c(C(=O)N[C@@H](C(=O)O)C(C)C)cnn1C(C)(C)C. The number of hydrogen-bond acceptors (Lipinski definition) is 3. The van der Waals surface area contributed by atoms with Gasteiger partial charge in [-0.15, -0.1) is 0 Å². The standard InChI is InChI=1S/C14H23N3O3/c1-8(2)11(13(19)20)16-12(18)10-7-15-17(9(10)3)14(4,5)6/h7-8,11H,1-6H3,(H,16,18)(H,19,20)/t11-/m1/s1. The van der Waals surface area contributed by atoms with Gasteiger partial charge in [-0.05, 0) is 33.6 Å². The van der Waals surface area contributed by atoms with Crippen molar-refractivity contribution in [3.05, 3.63) is 17.5 Å². The van der Waals surface area contributed by atoms with Gasteiger partial charge < -0.3 is 10.4 Å². The van der Waals surface area contributed by atoms with E-state index in [0.29, 0.717) is 5.56 Å². The topological polar surface area (TPSA) is 84.2 Å². The van der Waals surface area contributed by atoms with E-state index in [1.165, 1.54) is 6.20 Å². The number of hydrogen-bond donors (Lipinski definition) is 2. The molecule has 0 spiro atoms. The van der Waals surface area contributed by atoms with Crippen LogP contribution in [0.25, 0.3) is 0 Å². The molecule has 1 amide bonds. The first-order valence-corrected chi connectivity index (χ1v) is 6.64. The molecule has 1 atom stereocenters. The van der Waals surface area contributed by atoms with E-state index in [0.717, 1.165) is 5.69 Å². The third kappa shape index (κ3) is 3.37. The molecule has 6 nitrogen and oxygen atoms in total. The van der Waals surface area contributed by atoms with Gasteiger partial charge in [0.15, 0.2) is 0 Å². The predicted molar refractivity (Wildman–Crippen MR) is 75.7 cm³/mol. The number of nitrogens with one attached hydrogen (secondary N) is 1. The minimum absolute atomic E-state index is 0.186. The van der Waals surface area contributed by atoms with Crippen LogP contribution < -0.4 is 5.32 Å². The molecule has 0 aromatic carbocycles. The fourth-order valence-corrected chi connectivity index (χ4v) is 2.04. The van der Waals surface area contributed by atoms with Crippen molar-refractivity contribution in [2.24, 2.45) is 5.92 Å². The zero-order valence-corrected chi connectivity index (χ0v) is 12.9. The van der Waals surface area contributed by atoms with Gasteiger partial charge in [-0.1, -0.05) is 13.8 Å². The summed E-state index contributed by atoms with van der Waals surface area (Å²) in [6, 6.07) is -0.903. The quantitative estimate of drug-likeness (QED) is 0.881. The number of carboxylic acid groups (broad SMARTS) is 1. The van der Waals surface area contributed by atoms with Crippen LogP contribution in [-0.2, 0) is 10.3 Å². The first-order chi connectivity index (χ1) is 9.05. The maximum Gasteiger partial charge on any atom is 0.326 e. The van der Waals surface area contributed by atoms with Crippen LogP contribution in [0.5, 0.6) is 0 Å². The van der Waals surface area contributed by atoms with Gasteiger partial charge in [-0.3, -0.25) is 9.48 Å². The van der Waals surface area contributed by atoms with Crippen molar-refractivity contribution in [2.75, 3.05) is 0 Å². The lowest BCUT2D eigenvalue weighted by atomic mass is 10.0. The molecule has 1 heterocycles. The zero-order valence-electron chi connectivity index (χ0n) is 12.9. The fourth-order valence-electron chi connectivity index (χ4n) is 2.04. The zero-order chi connectivity index (χ0) is 15.7. The van der Waals surface area contributed by atoms with Crippen LogP contribution in [0.15, 0.2) is 6.20 Å². The van der Waals surface area contributed by atoms with Gasteiger partial charge in [-0.2, -0.15) is 5.10 Å². The van der Waals surface area contributed by atoms with Gasteiger partial charge in [0.25, 0.3) is 5.91 Å². The third-order valence-corrected chi connectivity index (χ3v) is 3.11. The molecular formula is C14H23N3O3. The maximum atomic E-state index is 12.2. The van der Waals surface area contributed by atoms with Crippen LogP contribution >= 0.6 is 0 Å². The van der Waals surface area contributed by atoms with Crippen molar-refractivity contribution in [1.29, 1.82) is 0 Å². The number of carboxylic acids is 1. The number of amides is 1. The first kappa shape index (κ1) is 16.2. The summed E-state index contributed by atoms with van der Waals surface area (Å²) in [5.41, 5.74) is 0.905. The molecule has 0 aliphatic rings. The summed E-state index contributed by atoms with van der Waals surface area (Å²) in [5, 5.41) is 15.9. The summed E-state index contributed by atoms with van der Waals surface area (Å²) >= 11 is 0. The summed E-state index contributed by atoms with van der Waals surface area (Å²) in [5.74, 6) is -1.62. The average Bonchev–Trinajstić information content (AvgIpc) is 2.66. The Bertz CT molecular complexity index is 512. The van der Waals surface area contributed by atoms with Crippen LogP contribution in [0.2, 0.25) is 0 Å². The Morgan fingerprint density at radius 3 is 2.25 bits per heavy atom.